The Hall–Kier alpha value is -0.480. The predicted octanol–water partition coefficient (Wildman–Crippen LogP) is 1.43. The summed E-state index contributed by atoms with van der Waals surface area (Å²) in [6, 6.07) is 0. The van der Waals surface area contributed by atoms with E-state index in [-0.39, 0.29) is 6.10 Å². The number of aliphatic hydroxyl groups excluding tert-OH is 1. The van der Waals surface area contributed by atoms with E-state index in [2.05, 4.69) is 4.98 Å². The second kappa shape index (κ2) is 3.72. The summed E-state index contributed by atoms with van der Waals surface area (Å²) in [5, 5.41) is 11.0. The number of imidazole rings is 1. The summed E-state index contributed by atoms with van der Waals surface area (Å²) in [7, 11) is 1.98. The van der Waals surface area contributed by atoms with Crippen molar-refractivity contribution in [3.05, 3.63) is 12.4 Å². The van der Waals surface area contributed by atoms with Crippen molar-refractivity contribution < 1.29 is 5.11 Å². The highest BCUT2D eigenvalue weighted by Crippen LogP contribution is 2.33. The molecule has 0 spiro atoms. The van der Waals surface area contributed by atoms with Crippen LogP contribution in [0.25, 0.3) is 0 Å². The first kappa shape index (κ1) is 9.09. The molecule has 3 nitrogen and oxygen atoms in total. The van der Waals surface area contributed by atoms with Gasteiger partial charge in [0.05, 0.1) is 6.10 Å². The van der Waals surface area contributed by atoms with Gasteiger partial charge < -0.3 is 9.67 Å². The lowest BCUT2D eigenvalue weighted by molar-refractivity contribution is 0.188. The van der Waals surface area contributed by atoms with Crippen LogP contribution in [0.5, 0.6) is 0 Å². The van der Waals surface area contributed by atoms with E-state index in [1.54, 1.807) is 18.0 Å². The molecule has 2 atom stereocenters. The monoisotopic (exact) mass is 198 g/mol. The fourth-order valence-corrected chi connectivity index (χ4v) is 2.84. The molecule has 0 radical (unpaired) electrons. The molecule has 1 aliphatic rings. The van der Waals surface area contributed by atoms with Gasteiger partial charge in [-0.15, -0.1) is 0 Å². The van der Waals surface area contributed by atoms with Gasteiger partial charge in [-0.25, -0.2) is 4.98 Å². The zero-order valence-corrected chi connectivity index (χ0v) is 8.50. The first-order chi connectivity index (χ1) is 6.27. The van der Waals surface area contributed by atoms with Gasteiger partial charge in [0.15, 0.2) is 5.16 Å². The smallest absolute Gasteiger partial charge is 0.168 e. The molecule has 1 aromatic heterocycles. The lowest BCUT2D eigenvalue weighted by Crippen LogP contribution is -2.15. The number of rotatable bonds is 2. The van der Waals surface area contributed by atoms with Gasteiger partial charge in [-0.2, -0.15) is 0 Å². The van der Waals surface area contributed by atoms with Gasteiger partial charge in [0, 0.05) is 24.7 Å². The Bertz CT molecular complexity index is 287. The number of hydrogen-bond donors (Lipinski definition) is 1. The molecule has 13 heavy (non-hydrogen) atoms. The summed E-state index contributed by atoms with van der Waals surface area (Å²) < 4.78 is 2.00. The van der Waals surface area contributed by atoms with Crippen LogP contribution < -0.4 is 0 Å². The Balaban J connectivity index is 2.01. The van der Waals surface area contributed by atoms with Crippen molar-refractivity contribution in [2.45, 2.75) is 35.8 Å². The van der Waals surface area contributed by atoms with Crippen molar-refractivity contribution in [1.29, 1.82) is 0 Å². The third-order valence-electron chi connectivity index (χ3n) is 2.45. The summed E-state index contributed by atoms with van der Waals surface area (Å²) in [6.45, 7) is 0. The van der Waals surface area contributed by atoms with E-state index >= 15 is 0 Å². The molecule has 1 saturated carbocycles. The van der Waals surface area contributed by atoms with Crippen LogP contribution in [0.15, 0.2) is 17.6 Å². The minimum Gasteiger partial charge on any atom is -0.392 e. The van der Waals surface area contributed by atoms with Crippen LogP contribution in [0.1, 0.15) is 19.3 Å². The van der Waals surface area contributed by atoms with Gasteiger partial charge in [0.1, 0.15) is 0 Å². The summed E-state index contributed by atoms with van der Waals surface area (Å²) in [5.41, 5.74) is 0. The lowest BCUT2D eigenvalue weighted by Gasteiger charge is -2.12. The van der Waals surface area contributed by atoms with E-state index in [4.69, 9.17) is 0 Å². The maximum Gasteiger partial charge on any atom is 0.168 e. The summed E-state index contributed by atoms with van der Waals surface area (Å²) in [5.74, 6) is 0. The highest BCUT2D eigenvalue weighted by atomic mass is 32.2. The highest BCUT2D eigenvalue weighted by Gasteiger charge is 2.27. The average Bonchev–Trinajstić information content (AvgIpc) is 2.65. The van der Waals surface area contributed by atoms with Crippen molar-refractivity contribution in [2.75, 3.05) is 0 Å². The van der Waals surface area contributed by atoms with Gasteiger partial charge in [0.2, 0.25) is 0 Å². The Labute approximate surface area is 82.2 Å². The Morgan fingerprint density at radius 1 is 1.62 bits per heavy atom. The summed E-state index contributed by atoms with van der Waals surface area (Å²) >= 11 is 1.69. The van der Waals surface area contributed by atoms with Gasteiger partial charge >= 0.3 is 0 Å². The molecule has 0 unspecified atom stereocenters. The van der Waals surface area contributed by atoms with Gasteiger partial charge in [-0.1, -0.05) is 11.8 Å². The molecule has 1 aromatic rings. The van der Waals surface area contributed by atoms with Crippen molar-refractivity contribution >= 4 is 11.8 Å². The van der Waals surface area contributed by atoms with Crippen molar-refractivity contribution in [3.8, 4) is 0 Å². The number of thioether (sulfide) groups is 1. The Kier molecular flexibility index (Phi) is 2.60. The molecule has 4 heteroatoms. The minimum atomic E-state index is -0.137. The third kappa shape index (κ3) is 1.89. The number of aliphatic hydroxyl groups is 1. The van der Waals surface area contributed by atoms with Crippen molar-refractivity contribution in [1.82, 2.24) is 9.55 Å². The molecule has 0 saturated heterocycles. The molecule has 1 fully saturated rings. The maximum atomic E-state index is 9.62. The zero-order valence-electron chi connectivity index (χ0n) is 7.68. The quantitative estimate of drug-likeness (QED) is 0.781. The molecule has 1 aliphatic carbocycles. The van der Waals surface area contributed by atoms with Crippen LogP contribution in [0.2, 0.25) is 0 Å². The van der Waals surface area contributed by atoms with Crippen LogP contribution in [0.4, 0.5) is 0 Å². The SMILES string of the molecule is Cn1ccnc1S[C@@H]1CCC[C@H]1O. The molecule has 0 aromatic carbocycles. The number of nitrogens with zero attached hydrogens (tertiary/aromatic N) is 2. The number of aryl methyl sites for hydroxylation is 1. The summed E-state index contributed by atoms with van der Waals surface area (Å²) in [6.07, 6.45) is 6.79. The summed E-state index contributed by atoms with van der Waals surface area (Å²) in [4.78, 5) is 4.23. The van der Waals surface area contributed by atoms with Gasteiger partial charge in [0.25, 0.3) is 0 Å². The van der Waals surface area contributed by atoms with Crippen LogP contribution in [0.3, 0.4) is 0 Å². The molecule has 1 heterocycles. The molecule has 0 amide bonds. The molecule has 1 N–H and O–H groups in total. The van der Waals surface area contributed by atoms with E-state index in [9.17, 15) is 5.11 Å². The minimum absolute atomic E-state index is 0.137. The van der Waals surface area contributed by atoms with Crippen LogP contribution in [0, 0.1) is 0 Å². The van der Waals surface area contributed by atoms with E-state index < -0.39 is 0 Å². The first-order valence-electron chi connectivity index (χ1n) is 4.59. The van der Waals surface area contributed by atoms with E-state index in [1.807, 2.05) is 17.8 Å². The highest BCUT2D eigenvalue weighted by molar-refractivity contribution is 7.99. The topological polar surface area (TPSA) is 38.0 Å². The largest absolute Gasteiger partial charge is 0.392 e. The van der Waals surface area contributed by atoms with Crippen LogP contribution >= 0.6 is 11.8 Å². The fraction of sp³-hybridized carbons (Fsp3) is 0.667. The van der Waals surface area contributed by atoms with Crippen LogP contribution in [-0.2, 0) is 7.05 Å². The number of hydrogen-bond acceptors (Lipinski definition) is 3. The maximum absolute atomic E-state index is 9.62. The lowest BCUT2D eigenvalue weighted by atomic mass is 10.3. The third-order valence-corrected chi connectivity index (χ3v) is 3.91. The van der Waals surface area contributed by atoms with E-state index in [0.717, 1.165) is 24.4 Å². The van der Waals surface area contributed by atoms with E-state index in [1.165, 1.54) is 0 Å². The average molecular weight is 198 g/mol. The molecular formula is C9H14N2OS. The van der Waals surface area contributed by atoms with Crippen molar-refractivity contribution in [2.24, 2.45) is 7.05 Å². The second-order valence-corrected chi connectivity index (χ2v) is 4.68. The van der Waals surface area contributed by atoms with Crippen molar-refractivity contribution in [3.63, 3.8) is 0 Å². The van der Waals surface area contributed by atoms with Crippen LogP contribution in [-0.4, -0.2) is 26.0 Å². The predicted molar refractivity (Wildman–Crippen MR) is 52.7 cm³/mol. The molecule has 0 aliphatic heterocycles. The molecular weight excluding hydrogens is 184 g/mol. The normalized spacial score (nSPS) is 28.2. The molecule has 0 bridgehead atoms. The van der Waals surface area contributed by atoms with Gasteiger partial charge in [-0.05, 0) is 19.3 Å². The fourth-order valence-electron chi connectivity index (χ4n) is 1.64. The van der Waals surface area contributed by atoms with Gasteiger partial charge in [-0.3, -0.25) is 0 Å². The first-order valence-corrected chi connectivity index (χ1v) is 5.47. The molecule has 72 valence electrons. The van der Waals surface area contributed by atoms with E-state index in [0.29, 0.717) is 5.25 Å². The zero-order chi connectivity index (χ0) is 9.26. The Morgan fingerprint density at radius 2 is 2.46 bits per heavy atom. The second-order valence-electron chi connectivity index (χ2n) is 3.48. The number of aromatic nitrogens is 2. The Morgan fingerprint density at radius 3 is 3.00 bits per heavy atom. The standard InChI is InChI=1S/C9H14N2OS/c1-11-6-5-10-9(11)13-8-4-2-3-7(8)12/h5-8,12H,2-4H2,1H3/t7-,8-/m1/s1. The molecule has 2 rings (SSSR count).